The maximum Gasteiger partial charge on any atom is 0.226 e. The fourth-order valence-electron chi connectivity index (χ4n) is 3.54. The van der Waals surface area contributed by atoms with E-state index >= 15 is 0 Å². The average molecular weight is 313 g/mol. The molecule has 2 saturated heterocycles. The van der Waals surface area contributed by atoms with Gasteiger partial charge in [-0.1, -0.05) is 0 Å². The number of imidazole rings is 1. The van der Waals surface area contributed by atoms with Gasteiger partial charge in [-0.05, 0) is 39.2 Å². The zero-order valence-electron chi connectivity index (χ0n) is 12.6. The number of likely N-dealkylation sites (tertiary alicyclic amines) is 1. The van der Waals surface area contributed by atoms with Crippen LogP contribution in [0.25, 0.3) is 0 Å². The predicted octanol–water partition coefficient (Wildman–Crippen LogP) is 1.68. The van der Waals surface area contributed by atoms with E-state index in [0.717, 1.165) is 45.3 Å². The first-order valence-electron chi connectivity index (χ1n) is 7.73. The summed E-state index contributed by atoms with van der Waals surface area (Å²) in [6.07, 6.45) is 9.83. The monoisotopic (exact) mass is 312 g/mol. The number of carbonyl (C=O) groups excluding carboxylic acids is 1. The summed E-state index contributed by atoms with van der Waals surface area (Å²) in [4.78, 5) is 19.0. The van der Waals surface area contributed by atoms with Crippen molar-refractivity contribution in [2.45, 2.75) is 51.2 Å². The average Bonchev–Trinajstić information content (AvgIpc) is 3.10. The molecule has 6 heteroatoms. The molecule has 3 atom stereocenters. The highest BCUT2D eigenvalue weighted by atomic mass is 35.5. The fraction of sp³-hybridized carbons (Fsp3) is 0.733. The number of aromatic nitrogens is 2. The van der Waals surface area contributed by atoms with Crippen LogP contribution in [0, 0.1) is 5.92 Å². The zero-order chi connectivity index (χ0) is 13.9. The van der Waals surface area contributed by atoms with E-state index in [1.165, 1.54) is 0 Å². The quantitative estimate of drug-likeness (QED) is 0.924. The van der Waals surface area contributed by atoms with Crippen LogP contribution in [0.4, 0.5) is 0 Å². The van der Waals surface area contributed by atoms with Gasteiger partial charge in [0, 0.05) is 43.5 Å². The lowest BCUT2D eigenvalue weighted by Crippen LogP contribution is -2.46. The van der Waals surface area contributed by atoms with E-state index in [1.807, 2.05) is 12.5 Å². The number of hydrogen-bond donors (Lipinski definition) is 1. The molecule has 2 aliphatic heterocycles. The number of amides is 1. The Morgan fingerprint density at radius 1 is 1.43 bits per heavy atom. The molecule has 118 valence electrons. The van der Waals surface area contributed by atoms with Gasteiger partial charge < -0.3 is 14.8 Å². The minimum atomic E-state index is 0. The smallest absolute Gasteiger partial charge is 0.226 e. The molecule has 0 bridgehead atoms. The van der Waals surface area contributed by atoms with Crippen LogP contribution in [-0.2, 0) is 11.3 Å². The first kappa shape index (κ1) is 16.3. The van der Waals surface area contributed by atoms with Crippen LogP contribution < -0.4 is 5.32 Å². The lowest BCUT2D eigenvalue weighted by Gasteiger charge is -2.33. The van der Waals surface area contributed by atoms with Gasteiger partial charge in [-0.3, -0.25) is 4.79 Å². The summed E-state index contributed by atoms with van der Waals surface area (Å²) < 4.78 is 2.08. The lowest BCUT2D eigenvalue weighted by atomic mass is 9.92. The van der Waals surface area contributed by atoms with Gasteiger partial charge in [0.2, 0.25) is 5.91 Å². The third kappa shape index (κ3) is 3.77. The number of halogens is 1. The normalized spacial score (nSPS) is 29.2. The Morgan fingerprint density at radius 2 is 2.29 bits per heavy atom. The molecular formula is C15H25ClN4O. The SMILES string of the molecule is C[C@H]1C[C@@H](C(=O)N2CCCC2Cn2ccnc2)CCN1.Cl. The molecule has 1 aromatic rings. The minimum Gasteiger partial charge on any atom is -0.338 e. The molecular weight excluding hydrogens is 288 g/mol. The fourth-order valence-corrected chi connectivity index (χ4v) is 3.54. The van der Waals surface area contributed by atoms with Crippen molar-refractivity contribution in [1.82, 2.24) is 19.8 Å². The van der Waals surface area contributed by atoms with Crippen LogP contribution in [-0.4, -0.2) is 45.5 Å². The molecule has 1 aromatic heterocycles. The van der Waals surface area contributed by atoms with E-state index in [1.54, 1.807) is 6.20 Å². The largest absolute Gasteiger partial charge is 0.338 e. The molecule has 2 aliphatic rings. The Kier molecular flexibility index (Phi) is 5.65. The summed E-state index contributed by atoms with van der Waals surface area (Å²) in [6, 6.07) is 0.814. The summed E-state index contributed by atoms with van der Waals surface area (Å²) in [5.41, 5.74) is 0. The van der Waals surface area contributed by atoms with Crippen molar-refractivity contribution in [3.63, 3.8) is 0 Å². The van der Waals surface area contributed by atoms with Gasteiger partial charge >= 0.3 is 0 Å². The zero-order valence-corrected chi connectivity index (χ0v) is 13.4. The third-order valence-corrected chi connectivity index (χ3v) is 4.61. The van der Waals surface area contributed by atoms with Crippen molar-refractivity contribution in [2.75, 3.05) is 13.1 Å². The Balaban J connectivity index is 0.00000161. The number of nitrogens with zero attached hydrogens (tertiary/aromatic N) is 3. The van der Waals surface area contributed by atoms with Gasteiger partial charge in [0.25, 0.3) is 0 Å². The number of carbonyl (C=O) groups is 1. The number of hydrogen-bond acceptors (Lipinski definition) is 3. The van der Waals surface area contributed by atoms with Crippen molar-refractivity contribution in [2.24, 2.45) is 5.92 Å². The van der Waals surface area contributed by atoms with Gasteiger partial charge in [-0.2, -0.15) is 0 Å². The van der Waals surface area contributed by atoms with E-state index in [0.29, 0.717) is 18.0 Å². The Bertz CT molecular complexity index is 451. The summed E-state index contributed by atoms with van der Waals surface area (Å²) in [5, 5.41) is 3.42. The van der Waals surface area contributed by atoms with Crippen molar-refractivity contribution < 1.29 is 4.79 Å². The van der Waals surface area contributed by atoms with E-state index < -0.39 is 0 Å². The minimum absolute atomic E-state index is 0. The van der Waals surface area contributed by atoms with Crippen LogP contribution in [0.15, 0.2) is 18.7 Å². The molecule has 0 aromatic carbocycles. The molecule has 3 heterocycles. The Labute approximate surface area is 132 Å². The Morgan fingerprint density at radius 3 is 3.00 bits per heavy atom. The van der Waals surface area contributed by atoms with E-state index in [9.17, 15) is 4.79 Å². The first-order valence-corrected chi connectivity index (χ1v) is 7.73. The van der Waals surface area contributed by atoms with E-state index in [4.69, 9.17) is 0 Å². The molecule has 1 unspecified atom stereocenters. The Hall–Kier alpha value is -1.07. The summed E-state index contributed by atoms with van der Waals surface area (Å²) >= 11 is 0. The number of piperidine rings is 1. The molecule has 5 nitrogen and oxygen atoms in total. The standard InChI is InChI=1S/C15H24N4O.ClH/c1-12-9-13(4-5-17-12)15(20)19-7-2-3-14(19)10-18-8-6-16-11-18;/h6,8,11-14,17H,2-5,7,9-10H2,1H3;1H/t12-,13-,14?;/m0./s1. The van der Waals surface area contributed by atoms with Gasteiger partial charge in [0.15, 0.2) is 0 Å². The highest BCUT2D eigenvalue weighted by Gasteiger charge is 2.34. The molecule has 1 amide bonds. The molecule has 0 saturated carbocycles. The molecule has 0 aliphatic carbocycles. The van der Waals surface area contributed by atoms with Gasteiger partial charge in [0.1, 0.15) is 0 Å². The van der Waals surface area contributed by atoms with Crippen molar-refractivity contribution in [3.8, 4) is 0 Å². The van der Waals surface area contributed by atoms with Crippen LogP contribution in [0.1, 0.15) is 32.6 Å². The lowest BCUT2D eigenvalue weighted by molar-refractivity contribution is -0.137. The molecule has 21 heavy (non-hydrogen) atoms. The highest BCUT2D eigenvalue weighted by Crippen LogP contribution is 2.25. The number of nitrogens with one attached hydrogen (secondary N) is 1. The van der Waals surface area contributed by atoms with Crippen LogP contribution in [0.2, 0.25) is 0 Å². The van der Waals surface area contributed by atoms with Crippen LogP contribution in [0.3, 0.4) is 0 Å². The first-order chi connectivity index (χ1) is 9.74. The molecule has 0 spiro atoms. The van der Waals surface area contributed by atoms with Crippen LogP contribution >= 0.6 is 12.4 Å². The van der Waals surface area contributed by atoms with Crippen molar-refractivity contribution in [1.29, 1.82) is 0 Å². The van der Waals surface area contributed by atoms with E-state index in [-0.39, 0.29) is 18.3 Å². The summed E-state index contributed by atoms with van der Waals surface area (Å²) in [7, 11) is 0. The van der Waals surface area contributed by atoms with Gasteiger partial charge in [0.05, 0.1) is 6.33 Å². The second kappa shape index (κ2) is 7.27. The highest BCUT2D eigenvalue weighted by molar-refractivity contribution is 5.85. The number of rotatable bonds is 3. The summed E-state index contributed by atoms with van der Waals surface area (Å²) in [5.74, 6) is 0.593. The van der Waals surface area contributed by atoms with Crippen molar-refractivity contribution >= 4 is 18.3 Å². The van der Waals surface area contributed by atoms with E-state index in [2.05, 4.69) is 26.7 Å². The van der Waals surface area contributed by atoms with Gasteiger partial charge in [-0.15, -0.1) is 12.4 Å². The maximum atomic E-state index is 12.8. The molecule has 3 rings (SSSR count). The van der Waals surface area contributed by atoms with Crippen molar-refractivity contribution in [3.05, 3.63) is 18.7 Å². The molecule has 0 radical (unpaired) electrons. The molecule has 2 fully saturated rings. The second-order valence-electron chi connectivity index (χ2n) is 6.16. The second-order valence-corrected chi connectivity index (χ2v) is 6.16. The van der Waals surface area contributed by atoms with Gasteiger partial charge in [-0.25, -0.2) is 4.98 Å². The summed E-state index contributed by atoms with van der Waals surface area (Å²) in [6.45, 7) is 4.95. The molecule has 1 N–H and O–H groups in total. The van der Waals surface area contributed by atoms with Crippen LogP contribution in [0.5, 0.6) is 0 Å². The predicted molar refractivity (Wildman–Crippen MR) is 84.4 cm³/mol. The third-order valence-electron chi connectivity index (χ3n) is 4.61. The topological polar surface area (TPSA) is 50.2 Å². The maximum absolute atomic E-state index is 12.8.